The Kier molecular flexibility index (Phi) is 4.16. The van der Waals surface area contributed by atoms with Crippen molar-refractivity contribution in [3.8, 4) is 0 Å². The third-order valence-electron chi connectivity index (χ3n) is 4.22. The van der Waals surface area contributed by atoms with Gasteiger partial charge < -0.3 is 4.90 Å². The molecule has 1 aromatic carbocycles. The molecule has 0 radical (unpaired) electrons. The molecule has 0 saturated carbocycles. The van der Waals surface area contributed by atoms with Gasteiger partial charge in [-0.05, 0) is 31.4 Å². The van der Waals surface area contributed by atoms with Gasteiger partial charge in [0.2, 0.25) is 0 Å². The zero-order valence-electron chi connectivity index (χ0n) is 12.6. The number of alkyl halides is 3. The first-order chi connectivity index (χ1) is 11.4. The summed E-state index contributed by atoms with van der Waals surface area (Å²) in [5, 5.41) is 17.9. The van der Waals surface area contributed by atoms with Crippen LogP contribution in [0.25, 0.3) is 0 Å². The van der Waals surface area contributed by atoms with Crippen LogP contribution in [0.3, 0.4) is 0 Å². The van der Waals surface area contributed by atoms with Crippen LogP contribution in [0.4, 0.5) is 24.5 Å². The van der Waals surface area contributed by atoms with Gasteiger partial charge in [-0.3, -0.25) is 15.2 Å². The Morgan fingerprint density at radius 2 is 2.12 bits per heavy atom. The Morgan fingerprint density at radius 1 is 1.33 bits per heavy atom. The van der Waals surface area contributed by atoms with Crippen LogP contribution in [0, 0.1) is 10.1 Å². The minimum atomic E-state index is -4.62. The molecule has 0 aliphatic carbocycles. The molecule has 2 heterocycles. The van der Waals surface area contributed by atoms with E-state index in [0.717, 1.165) is 30.9 Å². The molecule has 1 N–H and O–H groups in total. The summed E-state index contributed by atoms with van der Waals surface area (Å²) in [5.41, 5.74) is -0.474. The van der Waals surface area contributed by atoms with Crippen LogP contribution in [0.5, 0.6) is 0 Å². The molecule has 1 aromatic heterocycles. The van der Waals surface area contributed by atoms with Crippen LogP contribution >= 0.6 is 0 Å². The molecule has 0 bridgehead atoms. The molecule has 0 amide bonds. The van der Waals surface area contributed by atoms with E-state index in [4.69, 9.17) is 0 Å². The number of hydrogen-bond donors (Lipinski definition) is 1. The molecule has 3 rings (SSSR count). The quantitative estimate of drug-likeness (QED) is 0.675. The third-order valence-corrected chi connectivity index (χ3v) is 4.22. The van der Waals surface area contributed by atoms with E-state index in [9.17, 15) is 23.3 Å². The van der Waals surface area contributed by atoms with Crippen molar-refractivity contribution < 1.29 is 18.1 Å². The van der Waals surface area contributed by atoms with Crippen molar-refractivity contribution in [2.45, 2.75) is 31.5 Å². The standard InChI is InChI=1S/C15H15F3N4O2/c16-15(17,18)11-4-5-13(14(7-11)22(23)24)21-6-2-1-3-12(21)10-8-19-20-9-10/h4-5,7-9,12H,1-3,6H2,(H,19,20)/t12-/m1/s1. The number of nitrogens with zero attached hydrogens (tertiary/aromatic N) is 3. The lowest BCUT2D eigenvalue weighted by atomic mass is 9.96. The molecule has 6 nitrogen and oxygen atoms in total. The number of H-pyrrole nitrogens is 1. The van der Waals surface area contributed by atoms with Gasteiger partial charge in [-0.15, -0.1) is 0 Å². The van der Waals surface area contributed by atoms with Crippen molar-refractivity contribution in [1.82, 2.24) is 10.2 Å². The normalized spacial score (nSPS) is 18.6. The summed E-state index contributed by atoms with van der Waals surface area (Å²) >= 11 is 0. The first-order valence-electron chi connectivity index (χ1n) is 7.49. The van der Waals surface area contributed by atoms with Crippen LogP contribution in [0.2, 0.25) is 0 Å². The number of anilines is 1. The molecule has 24 heavy (non-hydrogen) atoms. The smallest absolute Gasteiger partial charge is 0.359 e. The molecule has 1 fully saturated rings. The van der Waals surface area contributed by atoms with Gasteiger partial charge in [-0.25, -0.2) is 0 Å². The lowest BCUT2D eigenvalue weighted by molar-refractivity contribution is -0.384. The fourth-order valence-corrected chi connectivity index (χ4v) is 3.10. The number of aromatic nitrogens is 2. The predicted molar refractivity (Wildman–Crippen MR) is 80.6 cm³/mol. The number of piperidine rings is 1. The molecule has 9 heteroatoms. The topological polar surface area (TPSA) is 75.1 Å². The van der Waals surface area contributed by atoms with E-state index in [1.54, 1.807) is 17.3 Å². The molecule has 1 atom stereocenters. The largest absolute Gasteiger partial charge is 0.416 e. The van der Waals surface area contributed by atoms with Crippen LogP contribution in [-0.2, 0) is 6.18 Å². The highest BCUT2D eigenvalue weighted by Crippen LogP contribution is 2.41. The number of aromatic amines is 1. The number of nitro benzene ring substituents is 1. The number of hydrogen-bond acceptors (Lipinski definition) is 4. The van der Waals surface area contributed by atoms with Crippen molar-refractivity contribution >= 4 is 11.4 Å². The van der Waals surface area contributed by atoms with E-state index >= 15 is 0 Å². The maximum Gasteiger partial charge on any atom is 0.416 e. The molecule has 1 aliphatic rings. The Bertz CT molecular complexity index is 731. The summed E-state index contributed by atoms with van der Waals surface area (Å²) in [7, 11) is 0. The van der Waals surface area contributed by atoms with Crippen molar-refractivity contribution in [2.24, 2.45) is 0 Å². The monoisotopic (exact) mass is 340 g/mol. The molecule has 1 saturated heterocycles. The maximum absolute atomic E-state index is 12.9. The summed E-state index contributed by atoms with van der Waals surface area (Å²) < 4.78 is 38.6. The van der Waals surface area contributed by atoms with Gasteiger partial charge in [0.25, 0.3) is 5.69 Å². The number of halogens is 3. The van der Waals surface area contributed by atoms with Gasteiger partial charge in [0.05, 0.1) is 22.7 Å². The van der Waals surface area contributed by atoms with Gasteiger partial charge in [0.15, 0.2) is 0 Å². The summed E-state index contributed by atoms with van der Waals surface area (Å²) in [6, 6.07) is 2.55. The maximum atomic E-state index is 12.9. The Balaban J connectivity index is 2.04. The fraction of sp³-hybridized carbons (Fsp3) is 0.400. The van der Waals surface area contributed by atoms with E-state index in [1.165, 1.54) is 6.07 Å². The molecule has 0 spiro atoms. The number of nitro groups is 1. The summed E-state index contributed by atoms with van der Waals surface area (Å²) in [5.74, 6) is 0. The van der Waals surface area contributed by atoms with Crippen LogP contribution in [0.1, 0.15) is 36.4 Å². The summed E-state index contributed by atoms with van der Waals surface area (Å²) in [6.07, 6.45) is 1.26. The van der Waals surface area contributed by atoms with E-state index in [0.29, 0.717) is 12.6 Å². The molecule has 1 aliphatic heterocycles. The van der Waals surface area contributed by atoms with Gasteiger partial charge in [0, 0.05) is 24.4 Å². The lowest BCUT2D eigenvalue weighted by Crippen LogP contribution is -2.33. The highest BCUT2D eigenvalue weighted by molar-refractivity contribution is 5.66. The molecular formula is C15H15F3N4O2. The number of benzene rings is 1. The van der Waals surface area contributed by atoms with Gasteiger partial charge in [-0.2, -0.15) is 18.3 Å². The van der Waals surface area contributed by atoms with Crippen molar-refractivity contribution in [3.63, 3.8) is 0 Å². The van der Waals surface area contributed by atoms with Crippen molar-refractivity contribution in [3.05, 3.63) is 51.8 Å². The van der Waals surface area contributed by atoms with E-state index in [-0.39, 0.29) is 11.7 Å². The Labute approximate surface area is 135 Å². The lowest BCUT2D eigenvalue weighted by Gasteiger charge is -2.36. The highest BCUT2D eigenvalue weighted by atomic mass is 19.4. The number of nitrogens with one attached hydrogen (secondary N) is 1. The van der Waals surface area contributed by atoms with E-state index in [2.05, 4.69) is 10.2 Å². The Hall–Kier alpha value is -2.58. The first kappa shape index (κ1) is 16.3. The molecule has 0 unspecified atom stereocenters. The van der Waals surface area contributed by atoms with Crippen LogP contribution in [-0.4, -0.2) is 21.7 Å². The predicted octanol–water partition coefficient (Wildman–Crippen LogP) is 4.07. The van der Waals surface area contributed by atoms with Crippen molar-refractivity contribution in [1.29, 1.82) is 0 Å². The highest BCUT2D eigenvalue weighted by Gasteiger charge is 2.35. The fourth-order valence-electron chi connectivity index (χ4n) is 3.10. The first-order valence-corrected chi connectivity index (χ1v) is 7.49. The van der Waals surface area contributed by atoms with Crippen molar-refractivity contribution in [2.75, 3.05) is 11.4 Å². The zero-order valence-corrected chi connectivity index (χ0v) is 12.6. The zero-order chi connectivity index (χ0) is 17.3. The van der Waals surface area contributed by atoms with Crippen LogP contribution < -0.4 is 4.90 Å². The summed E-state index contributed by atoms with van der Waals surface area (Å²) in [6.45, 7) is 0.544. The average Bonchev–Trinajstić information content (AvgIpc) is 3.07. The SMILES string of the molecule is O=[N+]([O-])c1cc(C(F)(F)F)ccc1N1CCCC[C@@H]1c1cn[nH]c1. The molecule has 2 aromatic rings. The molecular weight excluding hydrogens is 325 g/mol. The number of rotatable bonds is 3. The second kappa shape index (κ2) is 6.14. The third kappa shape index (κ3) is 3.06. The minimum absolute atomic E-state index is 0.145. The second-order valence-corrected chi connectivity index (χ2v) is 5.69. The van der Waals surface area contributed by atoms with Crippen LogP contribution in [0.15, 0.2) is 30.6 Å². The van der Waals surface area contributed by atoms with E-state index < -0.39 is 22.4 Å². The average molecular weight is 340 g/mol. The van der Waals surface area contributed by atoms with Gasteiger partial charge >= 0.3 is 6.18 Å². The Morgan fingerprint density at radius 3 is 2.75 bits per heavy atom. The molecule has 128 valence electrons. The van der Waals surface area contributed by atoms with E-state index in [1.807, 2.05) is 0 Å². The minimum Gasteiger partial charge on any atom is -0.359 e. The van der Waals surface area contributed by atoms with Gasteiger partial charge in [-0.1, -0.05) is 0 Å². The second-order valence-electron chi connectivity index (χ2n) is 5.69. The van der Waals surface area contributed by atoms with Gasteiger partial charge in [0.1, 0.15) is 5.69 Å². The summed E-state index contributed by atoms with van der Waals surface area (Å²) in [4.78, 5) is 12.4.